The minimum Gasteiger partial charge on any atom is -0.368 e. The molecule has 0 aromatic heterocycles. The average molecular weight is 259 g/mol. The van der Waals surface area contributed by atoms with Crippen molar-refractivity contribution in [2.75, 3.05) is 19.6 Å². The number of primary amides is 1. The van der Waals surface area contributed by atoms with Gasteiger partial charge in [0.2, 0.25) is 5.91 Å². The normalized spacial score (nSPS) is 33.3. The zero-order valence-corrected chi connectivity index (χ0v) is 11.1. The maximum absolute atomic E-state index is 12.0. The first-order valence-electron chi connectivity index (χ1n) is 7.02. The molecule has 3 N–H and O–H groups in total. The highest BCUT2D eigenvalue weighted by Crippen LogP contribution is 2.35. The largest absolute Gasteiger partial charge is 0.368 e. The third-order valence-corrected chi connectivity index (χ3v) is 4.65. The Morgan fingerprint density at radius 2 is 2.00 bits per heavy atom. The van der Waals surface area contributed by atoms with Crippen LogP contribution in [0.5, 0.6) is 0 Å². The Morgan fingerprint density at radius 3 is 2.53 bits per heavy atom. The van der Waals surface area contributed by atoms with Crippen molar-refractivity contribution in [3.63, 3.8) is 0 Å². The summed E-state index contributed by atoms with van der Waals surface area (Å²) in [6.45, 7) is 3.67. The number of rotatable bonds is 4. The van der Waals surface area contributed by atoms with E-state index in [9.17, 15) is 4.79 Å². The lowest BCUT2D eigenvalue weighted by Crippen LogP contribution is -2.71. The molecule has 1 amide bonds. The van der Waals surface area contributed by atoms with Crippen molar-refractivity contribution < 1.29 is 4.79 Å². The van der Waals surface area contributed by atoms with Crippen LogP contribution in [-0.4, -0.2) is 36.0 Å². The SMILES string of the molecule is NC(=O)[C@]1(NCc2ccccc2)CN2CCC1CC2. The molecular formula is C15H21N3O. The molecule has 3 saturated heterocycles. The number of hydrogen-bond acceptors (Lipinski definition) is 3. The fourth-order valence-electron chi connectivity index (χ4n) is 3.49. The summed E-state index contributed by atoms with van der Waals surface area (Å²) >= 11 is 0. The number of carbonyl (C=O) groups is 1. The summed E-state index contributed by atoms with van der Waals surface area (Å²) in [4.78, 5) is 14.4. The van der Waals surface area contributed by atoms with Gasteiger partial charge in [-0.05, 0) is 37.4 Å². The van der Waals surface area contributed by atoms with Gasteiger partial charge in [0.1, 0.15) is 5.54 Å². The van der Waals surface area contributed by atoms with Gasteiger partial charge in [-0.25, -0.2) is 0 Å². The summed E-state index contributed by atoms with van der Waals surface area (Å²) in [6, 6.07) is 10.2. The van der Waals surface area contributed by atoms with Crippen LogP contribution in [0.25, 0.3) is 0 Å². The molecular weight excluding hydrogens is 238 g/mol. The summed E-state index contributed by atoms with van der Waals surface area (Å²) in [5.41, 5.74) is 6.38. The molecule has 0 radical (unpaired) electrons. The monoisotopic (exact) mass is 259 g/mol. The lowest BCUT2D eigenvalue weighted by molar-refractivity contribution is -0.133. The molecule has 1 aromatic rings. The topological polar surface area (TPSA) is 58.4 Å². The van der Waals surface area contributed by atoms with Crippen molar-refractivity contribution in [3.8, 4) is 0 Å². The molecule has 3 aliphatic rings. The molecule has 3 fully saturated rings. The molecule has 0 saturated carbocycles. The van der Waals surface area contributed by atoms with E-state index in [2.05, 4.69) is 22.3 Å². The molecule has 3 heterocycles. The van der Waals surface area contributed by atoms with Crippen LogP contribution >= 0.6 is 0 Å². The van der Waals surface area contributed by atoms with Crippen molar-refractivity contribution in [3.05, 3.63) is 35.9 Å². The Bertz CT molecular complexity index is 454. The number of nitrogens with zero attached hydrogens (tertiary/aromatic N) is 1. The van der Waals surface area contributed by atoms with Crippen LogP contribution in [-0.2, 0) is 11.3 Å². The van der Waals surface area contributed by atoms with E-state index < -0.39 is 5.54 Å². The van der Waals surface area contributed by atoms with Crippen LogP contribution in [0.4, 0.5) is 0 Å². The Balaban J connectivity index is 1.76. The number of carbonyl (C=O) groups excluding carboxylic acids is 1. The molecule has 4 heteroatoms. The highest BCUT2D eigenvalue weighted by atomic mass is 16.1. The first-order chi connectivity index (χ1) is 9.21. The van der Waals surface area contributed by atoms with Crippen LogP contribution in [0.1, 0.15) is 18.4 Å². The summed E-state index contributed by atoms with van der Waals surface area (Å²) in [6.07, 6.45) is 2.15. The van der Waals surface area contributed by atoms with Gasteiger partial charge in [-0.3, -0.25) is 10.1 Å². The third kappa shape index (κ3) is 2.26. The van der Waals surface area contributed by atoms with Gasteiger partial charge >= 0.3 is 0 Å². The minimum absolute atomic E-state index is 0.196. The van der Waals surface area contributed by atoms with Gasteiger partial charge < -0.3 is 10.6 Å². The van der Waals surface area contributed by atoms with E-state index in [1.165, 1.54) is 5.56 Å². The van der Waals surface area contributed by atoms with Crippen LogP contribution in [0.3, 0.4) is 0 Å². The van der Waals surface area contributed by atoms with Crippen molar-refractivity contribution >= 4 is 5.91 Å². The number of hydrogen-bond donors (Lipinski definition) is 2. The predicted octanol–water partition coefficient (Wildman–Crippen LogP) is 0.726. The average Bonchev–Trinajstić information content (AvgIpc) is 2.47. The molecule has 4 rings (SSSR count). The quantitative estimate of drug-likeness (QED) is 0.838. The van der Waals surface area contributed by atoms with E-state index >= 15 is 0 Å². The van der Waals surface area contributed by atoms with E-state index in [1.54, 1.807) is 0 Å². The first kappa shape index (κ1) is 12.6. The molecule has 0 aliphatic carbocycles. The van der Waals surface area contributed by atoms with E-state index in [1.807, 2.05) is 18.2 Å². The van der Waals surface area contributed by atoms with E-state index in [0.717, 1.165) is 32.5 Å². The minimum atomic E-state index is -0.535. The van der Waals surface area contributed by atoms with Gasteiger partial charge in [0.25, 0.3) is 0 Å². The highest BCUT2D eigenvalue weighted by molar-refractivity contribution is 5.85. The van der Waals surface area contributed by atoms with Crippen LogP contribution in [0.2, 0.25) is 0 Å². The number of nitrogens with one attached hydrogen (secondary N) is 1. The maximum atomic E-state index is 12.0. The van der Waals surface area contributed by atoms with Crippen molar-refractivity contribution in [1.82, 2.24) is 10.2 Å². The second kappa shape index (κ2) is 4.94. The lowest BCUT2D eigenvalue weighted by Gasteiger charge is -2.52. The second-order valence-corrected chi connectivity index (χ2v) is 5.73. The first-order valence-corrected chi connectivity index (χ1v) is 7.02. The van der Waals surface area contributed by atoms with Gasteiger partial charge in [-0.15, -0.1) is 0 Å². The van der Waals surface area contributed by atoms with Crippen LogP contribution < -0.4 is 11.1 Å². The lowest BCUT2D eigenvalue weighted by atomic mass is 9.72. The molecule has 19 heavy (non-hydrogen) atoms. The zero-order chi connectivity index (χ0) is 13.3. The fraction of sp³-hybridized carbons (Fsp3) is 0.533. The number of amides is 1. The highest BCUT2D eigenvalue weighted by Gasteiger charge is 2.50. The molecule has 1 atom stereocenters. The molecule has 4 nitrogen and oxygen atoms in total. The van der Waals surface area contributed by atoms with Gasteiger partial charge in [0.05, 0.1) is 0 Å². The number of nitrogens with two attached hydrogens (primary N) is 1. The van der Waals surface area contributed by atoms with Crippen molar-refractivity contribution in [2.24, 2.45) is 11.7 Å². The Labute approximate surface area is 114 Å². The standard InChI is InChI=1S/C15H21N3O/c16-14(19)15(11-18-8-6-13(15)7-9-18)17-10-12-4-2-1-3-5-12/h1-5,13,17H,6-11H2,(H2,16,19)/t15-/m0/s1. The summed E-state index contributed by atoms with van der Waals surface area (Å²) in [5.74, 6) is 0.191. The number of piperidine rings is 3. The summed E-state index contributed by atoms with van der Waals surface area (Å²) in [5, 5.41) is 3.47. The van der Waals surface area contributed by atoms with Gasteiger partial charge in [0, 0.05) is 13.1 Å². The summed E-state index contributed by atoms with van der Waals surface area (Å²) in [7, 11) is 0. The van der Waals surface area contributed by atoms with E-state index in [4.69, 9.17) is 5.73 Å². The second-order valence-electron chi connectivity index (χ2n) is 5.73. The zero-order valence-electron chi connectivity index (χ0n) is 11.1. The molecule has 102 valence electrons. The van der Waals surface area contributed by atoms with E-state index in [0.29, 0.717) is 12.5 Å². The number of fused-ring (bicyclic) bond motifs is 3. The summed E-state index contributed by atoms with van der Waals surface area (Å²) < 4.78 is 0. The predicted molar refractivity (Wildman–Crippen MR) is 74.4 cm³/mol. The van der Waals surface area contributed by atoms with Gasteiger partial charge in [-0.2, -0.15) is 0 Å². The maximum Gasteiger partial charge on any atom is 0.239 e. The molecule has 2 bridgehead atoms. The van der Waals surface area contributed by atoms with Crippen molar-refractivity contribution in [1.29, 1.82) is 0 Å². The van der Waals surface area contributed by atoms with Gasteiger partial charge in [-0.1, -0.05) is 30.3 Å². The Morgan fingerprint density at radius 1 is 1.32 bits per heavy atom. The number of benzene rings is 1. The fourth-order valence-corrected chi connectivity index (χ4v) is 3.49. The van der Waals surface area contributed by atoms with Gasteiger partial charge in [0.15, 0.2) is 0 Å². The smallest absolute Gasteiger partial charge is 0.239 e. The molecule has 1 aromatic carbocycles. The van der Waals surface area contributed by atoms with E-state index in [-0.39, 0.29) is 5.91 Å². The van der Waals surface area contributed by atoms with Crippen LogP contribution in [0, 0.1) is 5.92 Å². The van der Waals surface area contributed by atoms with Crippen molar-refractivity contribution in [2.45, 2.75) is 24.9 Å². The molecule has 0 spiro atoms. The van der Waals surface area contributed by atoms with Crippen LogP contribution in [0.15, 0.2) is 30.3 Å². The molecule has 0 unspecified atom stereocenters. The Hall–Kier alpha value is -1.39. The third-order valence-electron chi connectivity index (χ3n) is 4.65. The Kier molecular flexibility index (Phi) is 3.29. The molecule has 3 aliphatic heterocycles.